The van der Waals surface area contributed by atoms with Gasteiger partial charge in [0.2, 0.25) is 41.4 Å². The van der Waals surface area contributed by atoms with Gasteiger partial charge in [0.05, 0.1) is 13.2 Å². The predicted octanol–water partition coefficient (Wildman–Crippen LogP) is -0.431. The van der Waals surface area contributed by atoms with Crippen molar-refractivity contribution in [1.82, 2.24) is 36.8 Å². The first-order chi connectivity index (χ1) is 30.2. The number of hydrogen-bond acceptors (Lipinski definition) is 13. The van der Waals surface area contributed by atoms with Gasteiger partial charge in [-0.25, -0.2) is 4.79 Å². The zero-order chi connectivity index (χ0) is 47.8. The number of carbonyl (C=O) groups is 9. The highest BCUT2D eigenvalue weighted by Gasteiger charge is 2.41. The number of aliphatic hydroxyl groups excluding tert-OH is 1. The maximum absolute atomic E-state index is 14.8. The zero-order valence-electron chi connectivity index (χ0n) is 37.6. The zero-order valence-corrected chi connectivity index (χ0v) is 37.6. The van der Waals surface area contributed by atoms with E-state index >= 15 is 0 Å². The first-order valence-electron chi connectivity index (χ1n) is 20.9. The number of nitrogens with one attached hydrogen (secondary N) is 6. The number of aliphatic hydroxyl groups is 1. The summed E-state index contributed by atoms with van der Waals surface area (Å²) >= 11 is 0. The van der Waals surface area contributed by atoms with Crippen molar-refractivity contribution >= 4 is 53.3 Å². The van der Waals surface area contributed by atoms with Crippen LogP contribution in [0.15, 0.2) is 54.6 Å². The van der Waals surface area contributed by atoms with Crippen LogP contribution in [0.25, 0.3) is 0 Å². The third-order valence-electron chi connectivity index (χ3n) is 10.6. The molecule has 1 fully saturated rings. The summed E-state index contributed by atoms with van der Waals surface area (Å²) < 4.78 is 16.1. The number of hydrogen-bond donors (Lipinski definition) is 7. The van der Waals surface area contributed by atoms with Crippen LogP contribution in [0.5, 0.6) is 5.75 Å². The number of ether oxygens (including phenoxy) is 3. The van der Waals surface area contributed by atoms with E-state index in [1.807, 2.05) is 0 Å². The minimum atomic E-state index is -1.85. The molecule has 0 aromatic heterocycles. The van der Waals surface area contributed by atoms with Crippen molar-refractivity contribution in [2.45, 2.75) is 110 Å². The lowest BCUT2D eigenvalue weighted by molar-refractivity contribution is -0.160. The highest BCUT2D eigenvalue weighted by atomic mass is 16.6. The van der Waals surface area contributed by atoms with E-state index in [4.69, 9.17) is 14.2 Å². The van der Waals surface area contributed by atoms with E-state index in [1.165, 1.54) is 28.0 Å². The third-order valence-corrected chi connectivity index (χ3v) is 10.6. The molecule has 2 aromatic carbocycles. The summed E-state index contributed by atoms with van der Waals surface area (Å²) in [5.74, 6) is -8.89. The molecule has 0 spiro atoms. The van der Waals surface area contributed by atoms with Crippen LogP contribution in [0.1, 0.15) is 72.1 Å². The number of carbonyl (C=O) groups excluding carboxylic acids is 9. The summed E-state index contributed by atoms with van der Waals surface area (Å²) in [6.07, 6.45) is -2.91. The maximum atomic E-state index is 14.8. The summed E-state index contributed by atoms with van der Waals surface area (Å²) in [5.41, 5.74) is 0.873. The first kappa shape index (κ1) is 51.8. The van der Waals surface area contributed by atoms with Gasteiger partial charge in [0.25, 0.3) is 0 Å². The number of cyclic esters (lactones) is 1. The summed E-state index contributed by atoms with van der Waals surface area (Å²) in [5, 5.41) is 25.9. The second-order valence-corrected chi connectivity index (χ2v) is 15.9. The lowest BCUT2D eigenvalue weighted by atomic mass is 9.96. The van der Waals surface area contributed by atoms with Gasteiger partial charge in [-0.05, 0) is 43.0 Å². The minimum absolute atomic E-state index is 0.113. The van der Waals surface area contributed by atoms with Crippen molar-refractivity contribution in [3.8, 4) is 5.75 Å². The molecule has 9 atom stereocenters. The minimum Gasteiger partial charge on any atom is -0.497 e. The molecule has 0 saturated carbocycles. The third kappa shape index (κ3) is 14.8. The Kier molecular flexibility index (Phi) is 19.7. The molecule has 7 N–H and O–H groups in total. The largest absolute Gasteiger partial charge is 0.497 e. The number of amides is 7. The van der Waals surface area contributed by atoms with Gasteiger partial charge >= 0.3 is 11.9 Å². The number of benzene rings is 2. The lowest BCUT2D eigenvalue weighted by Gasteiger charge is -2.34. The Balaban J connectivity index is 2.27. The standard InChI is InChI=1S/C44H61N7O13/c1-10-24(4)34-40(57)50-37(29-16-18-30(62-9)19-17-29)43(60)51(8)32(20-28-14-12-11-13-15-28)39(56)48-35(25(5)52)41(58)46-31(22-63-33(54)21-45-27(7)53)44(61)64-26(6)36(42(59)47-34)49-38(55)23(2)3/h11-19,23-26,31-32,34-37,52H,10,20-22H2,1-9H3,(H,45,53)(H,46,58)(H,47,59)(H,48,56)(H,49,55)(H,50,57)/t24-,25+,26+,31-,32-,34-,35-,36-,37-/m0/s1. The highest BCUT2D eigenvalue weighted by molar-refractivity contribution is 5.98. The normalized spacial score (nSPS) is 23.9. The van der Waals surface area contributed by atoms with Crippen molar-refractivity contribution in [2.75, 3.05) is 27.3 Å². The van der Waals surface area contributed by atoms with Crippen LogP contribution >= 0.6 is 0 Å². The Labute approximate surface area is 372 Å². The fraction of sp³-hybridized carbons (Fsp3) is 0.523. The van der Waals surface area contributed by atoms with E-state index in [9.17, 15) is 48.3 Å². The topological polar surface area (TPSA) is 277 Å². The fourth-order valence-electron chi connectivity index (χ4n) is 6.42. The molecule has 1 saturated heterocycles. The van der Waals surface area contributed by atoms with Gasteiger partial charge in [-0.15, -0.1) is 0 Å². The van der Waals surface area contributed by atoms with E-state index in [0.717, 1.165) is 11.8 Å². The van der Waals surface area contributed by atoms with Gasteiger partial charge in [0.1, 0.15) is 55.2 Å². The molecule has 0 aliphatic carbocycles. The molecule has 0 unspecified atom stereocenters. The number of nitrogens with zero attached hydrogens (tertiary/aromatic N) is 1. The number of rotatable bonds is 13. The number of likely N-dealkylation sites (N-methyl/N-ethyl adjacent to an activating group) is 1. The van der Waals surface area contributed by atoms with Crippen molar-refractivity contribution in [2.24, 2.45) is 11.8 Å². The molecule has 2 aromatic rings. The monoisotopic (exact) mass is 895 g/mol. The van der Waals surface area contributed by atoms with Gasteiger partial charge in [0.15, 0.2) is 6.04 Å². The van der Waals surface area contributed by atoms with Crippen LogP contribution in [0.4, 0.5) is 0 Å². The first-order valence-corrected chi connectivity index (χ1v) is 20.9. The molecule has 0 radical (unpaired) electrons. The van der Waals surface area contributed by atoms with E-state index < -0.39 is 127 Å². The molecular formula is C44H61N7O13. The molecule has 350 valence electrons. The molecule has 3 rings (SSSR count). The van der Waals surface area contributed by atoms with Crippen LogP contribution in [-0.4, -0.2) is 133 Å². The maximum Gasteiger partial charge on any atom is 0.332 e. The molecule has 20 heteroatoms. The molecule has 64 heavy (non-hydrogen) atoms. The summed E-state index contributed by atoms with van der Waals surface area (Å²) in [7, 11) is 2.78. The second-order valence-electron chi connectivity index (χ2n) is 15.9. The van der Waals surface area contributed by atoms with Crippen molar-refractivity contribution in [3.05, 3.63) is 65.7 Å². The number of methoxy groups -OCH3 is 1. The van der Waals surface area contributed by atoms with Crippen molar-refractivity contribution in [1.29, 1.82) is 0 Å². The van der Waals surface area contributed by atoms with Gasteiger partial charge < -0.3 is 56.1 Å². The Morgan fingerprint density at radius 2 is 1.45 bits per heavy atom. The van der Waals surface area contributed by atoms with E-state index in [-0.39, 0.29) is 12.0 Å². The SMILES string of the molecule is CC[C@H](C)[C@@H]1NC(=O)[C@@H](NC(=O)C(C)C)[C@@H](C)OC(=O)[C@H](COC(=O)CNC(C)=O)NC(=O)[C@H]([C@@H](C)O)NC(=O)[C@H](Cc2ccccc2)N(C)C(=O)[C@H](c2ccc(OC)cc2)NC1=O. The Morgan fingerprint density at radius 1 is 0.844 bits per heavy atom. The summed E-state index contributed by atoms with van der Waals surface area (Å²) in [4.78, 5) is 124. The quantitative estimate of drug-likeness (QED) is 0.126. The average Bonchev–Trinajstić information content (AvgIpc) is 3.26. The second kappa shape index (κ2) is 24.3. The van der Waals surface area contributed by atoms with Crippen LogP contribution in [0.3, 0.4) is 0 Å². The molecular weight excluding hydrogens is 835 g/mol. The molecule has 7 amide bonds. The van der Waals surface area contributed by atoms with Crippen molar-refractivity contribution < 1.29 is 62.5 Å². The Morgan fingerprint density at radius 3 is 2.02 bits per heavy atom. The molecule has 1 aliphatic rings. The number of esters is 2. The Bertz CT molecular complexity index is 1980. The van der Waals surface area contributed by atoms with Crippen LogP contribution in [-0.2, 0) is 59.0 Å². The molecule has 0 bridgehead atoms. The average molecular weight is 896 g/mol. The Hall–Kier alpha value is -6.57. The van der Waals surface area contributed by atoms with Crippen LogP contribution in [0.2, 0.25) is 0 Å². The fourth-order valence-corrected chi connectivity index (χ4v) is 6.42. The van der Waals surface area contributed by atoms with E-state index in [0.29, 0.717) is 17.7 Å². The van der Waals surface area contributed by atoms with E-state index in [2.05, 4.69) is 31.9 Å². The van der Waals surface area contributed by atoms with Gasteiger partial charge in [-0.3, -0.25) is 38.4 Å². The van der Waals surface area contributed by atoms with Gasteiger partial charge in [-0.2, -0.15) is 0 Å². The summed E-state index contributed by atoms with van der Waals surface area (Å²) in [6, 6.07) is 5.33. The smallest absolute Gasteiger partial charge is 0.332 e. The molecule has 1 heterocycles. The summed E-state index contributed by atoms with van der Waals surface area (Å²) in [6.45, 7) is 8.69. The lowest BCUT2D eigenvalue weighted by Crippen LogP contribution is -2.61. The van der Waals surface area contributed by atoms with Crippen LogP contribution in [0, 0.1) is 11.8 Å². The van der Waals surface area contributed by atoms with Crippen LogP contribution < -0.4 is 36.6 Å². The highest BCUT2D eigenvalue weighted by Crippen LogP contribution is 2.23. The predicted molar refractivity (Wildman–Crippen MR) is 229 cm³/mol. The molecule has 1 aliphatic heterocycles. The van der Waals surface area contributed by atoms with E-state index in [1.54, 1.807) is 82.3 Å². The molecule has 20 nitrogen and oxygen atoms in total. The van der Waals surface area contributed by atoms with Gasteiger partial charge in [-0.1, -0.05) is 76.6 Å². The van der Waals surface area contributed by atoms with Crippen molar-refractivity contribution in [3.63, 3.8) is 0 Å². The van der Waals surface area contributed by atoms with Gasteiger partial charge in [0, 0.05) is 26.3 Å².